The van der Waals surface area contributed by atoms with Crippen LogP contribution in [0.4, 0.5) is 0 Å². The lowest BCUT2D eigenvalue weighted by Crippen LogP contribution is -1.70. The van der Waals surface area contributed by atoms with E-state index in [2.05, 4.69) is 39.7 Å². The average Bonchev–Trinajstić information content (AvgIpc) is 1.95. The molecule has 0 amide bonds. The molecule has 1 aromatic rings. The van der Waals surface area contributed by atoms with Crippen LogP contribution in [0.2, 0.25) is 0 Å². The third-order valence-electron chi connectivity index (χ3n) is 1.04. The quantitative estimate of drug-likeness (QED) is 0.497. The Bertz CT molecular complexity index is 266. The molecule has 0 bridgehead atoms. The van der Waals surface area contributed by atoms with Crippen molar-refractivity contribution >= 4 is 28.6 Å². The van der Waals surface area contributed by atoms with Gasteiger partial charge in [0.15, 0.2) is 0 Å². The summed E-state index contributed by atoms with van der Waals surface area (Å²) < 4.78 is 1.07. The van der Waals surface area contributed by atoms with Gasteiger partial charge in [-0.05, 0) is 29.5 Å². The molecule has 0 aliphatic rings. The summed E-state index contributed by atoms with van der Waals surface area (Å²) in [5.41, 5.74) is 0.984. The van der Waals surface area contributed by atoms with Crippen molar-refractivity contribution in [2.75, 3.05) is 0 Å². The number of halogens is 1. The molecule has 0 unspecified atom stereocenters. The first-order chi connectivity index (χ1) is 4.83. The Morgan fingerprint density at radius 1 is 1.20 bits per heavy atom. The van der Waals surface area contributed by atoms with Gasteiger partial charge < -0.3 is 0 Å². The lowest BCUT2D eigenvalue weighted by molar-refractivity contribution is 1.61. The lowest BCUT2D eigenvalue weighted by atomic mass is 10.2. The smallest absolute Gasteiger partial charge is 0.0254 e. The molecule has 1 rings (SSSR count). The van der Waals surface area contributed by atoms with Gasteiger partial charge >= 0.3 is 0 Å². The van der Waals surface area contributed by atoms with Gasteiger partial charge in [-0.3, -0.25) is 0 Å². The summed E-state index contributed by atoms with van der Waals surface area (Å²) >= 11 is 7.11. The molecule has 0 atom stereocenters. The average molecular weight is 213 g/mol. The molecule has 0 aliphatic carbocycles. The van der Waals surface area contributed by atoms with Crippen molar-refractivity contribution in [2.24, 2.45) is 0 Å². The van der Waals surface area contributed by atoms with Gasteiger partial charge in [0.1, 0.15) is 0 Å². The van der Waals surface area contributed by atoms with Gasteiger partial charge in [-0.1, -0.05) is 34.5 Å². The summed E-state index contributed by atoms with van der Waals surface area (Å²) in [6.07, 6.45) is 0. The number of hydrogen-bond acceptors (Lipinski definition) is 1. The van der Waals surface area contributed by atoms with Crippen LogP contribution >= 0.6 is 28.6 Å². The molecule has 1 aromatic carbocycles. The predicted octanol–water partition coefficient (Wildman–Crippen LogP) is 2.69. The highest BCUT2D eigenvalue weighted by Crippen LogP contribution is 2.09. The minimum absolute atomic E-state index is 0.984. The maximum atomic E-state index is 3.79. The molecule has 0 saturated heterocycles. The maximum Gasteiger partial charge on any atom is 0.0254 e. The highest BCUT2D eigenvalue weighted by atomic mass is 79.9. The molecule has 0 saturated carbocycles. The first-order valence-corrected chi connectivity index (χ1v) is 3.97. The molecule has 50 valence electrons. The predicted molar refractivity (Wildman–Crippen MR) is 50.0 cm³/mol. The van der Waals surface area contributed by atoms with E-state index in [-0.39, 0.29) is 0 Å². The van der Waals surface area contributed by atoms with E-state index < -0.39 is 0 Å². The molecule has 0 heterocycles. The highest BCUT2D eigenvalue weighted by Gasteiger charge is 1.84. The third-order valence-corrected chi connectivity index (χ3v) is 1.68. The van der Waals surface area contributed by atoms with Gasteiger partial charge in [0, 0.05) is 10.0 Å². The van der Waals surface area contributed by atoms with E-state index in [1.807, 2.05) is 24.3 Å². The zero-order chi connectivity index (χ0) is 7.40. The van der Waals surface area contributed by atoms with Gasteiger partial charge in [-0.15, -0.1) is 0 Å². The van der Waals surface area contributed by atoms with Crippen molar-refractivity contribution < 1.29 is 0 Å². The Kier molecular flexibility index (Phi) is 2.85. The number of rotatable bonds is 0. The normalized spacial score (nSPS) is 8.20. The second-order valence-electron chi connectivity index (χ2n) is 1.74. The Morgan fingerprint density at radius 2 is 1.80 bits per heavy atom. The Balaban J connectivity index is 2.97. The molecule has 0 spiro atoms. The number of hydrogen-bond donors (Lipinski definition) is 1. The Labute approximate surface area is 74.2 Å². The van der Waals surface area contributed by atoms with Crippen molar-refractivity contribution in [1.82, 2.24) is 0 Å². The van der Waals surface area contributed by atoms with Crippen LogP contribution in [0.25, 0.3) is 0 Å². The van der Waals surface area contributed by atoms with E-state index in [9.17, 15) is 0 Å². The SMILES string of the molecule is SC#Cc1ccc(Br)cc1. The largest absolute Gasteiger partial charge is 0.0918 e. The Morgan fingerprint density at radius 3 is 2.30 bits per heavy atom. The molecule has 0 aromatic heterocycles. The molecule has 0 fully saturated rings. The molecule has 0 aliphatic heterocycles. The summed E-state index contributed by atoms with van der Waals surface area (Å²) in [4.78, 5) is 0. The van der Waals surface area contributed by atoms with Gasteiger partial charge in [-0.2, -0.15) is 0 Å². The monoisotopic (exact) mass is 212 g/mol. The molecule has 2 heteroatoms. The van der Waals surface area contributed by atoms with Crippen LogP contribution in [0.3, 0.4) is 0 Å². The van der Waals surface area contributed by atoms with Crippen LogP contribution < -0.4 is 0 Å². The fourth-order valence-corrected chi connectivity index (χ4v) is 0.991. The summed E-state index contributed by atoms with van der Waals surface area (Å²) in [6, 6.07) is 7.78. The van der Waals surface area contributed by atoms with Crippen molar-refractivity contribution in [3.63, 3.8) is 0 Å². The van der Waals surface area contributed by atoms with Crippen LogP contribution in [0.5, 0.6) is 0 Å². The van der Waals surface area contributed by atoms with Crippen LogP contribution in [0, 0.1) is 11.2 Å². The van der Waals surface area contributed by atoms with Gasteiger partial charge in [0.25, 0.3) is 0 Å². The second kappa shape index (κ2) is 3.70. The molecule has 0 N–H and O–H groups in total. The minimum atomic E-state index is 0.984. The molecular weight excluding hydrogens is 208 g/mol. The minimum Gasteiger partial charge on any atom is -0.0918 e. The van der Waals surface area contributed by atoms with Crippen LogP contribution in [0.15, 0.2) is 28.7 Å². The highest BCUT2D eigenvalue weighted by molar-refractivity contribution is 9.10. The summed E-state index contributed by atoms with van der Waals surface area (Å²) in [5.74, 6) is 2.83. The van der Waals surface area contributed by atoms with Crippen molar-refractivity contribution in [3.05, 3.63) is 34.3 Å². The van der Waals surface area contributed by atoms with E-state index in [0.29, 0.717) is 0 Å². The fourth-order valence-electron chi connectivity index (χ4n) is 0.598. The molecule has 0 nitrogen and oxygen atoms in total. The lowest BCUT2D eigenvalue weighted by Gasteiger charge is -1.88. The maximum absolute atomic E-state index is 3.79. The fraction of sp³-hybridized carbons (Fsp3) is 0. The van der Waals surface area contributed by atoms with Crippen LogP contribution in [-0.4, -0.2) is 0 Å². The first-order valence-electron chi connectivity index (χ1n) is 2.73. The van der Waals surface area contributed by atoms with Gasteiger partial charge in [-0.25, -0.2) is 0 Å². The van der Waals surface area contributed by atoms with Gasteiger partial charge in [0.05, 0.1) is 0 Å². The van der Waals surface area contributed by atoms with Gasteiger partial charge in [0.2, 0.25) is 0 Å². The zero-order valence-electron chi connectivity index (χ0n) is 5.13. The van der Waals surface area contributed by atoms with E-state index >= 15 is 0 Å². The zero-order valence-corrected chi connectivity index (χ0v) is 7.62. The Hall–Kier alpha value is -0.390. The van der Waals surface area contributed by atoms with Crippen molar-refractivity contribution in [1.29, 1.82) is 0 Å². The van der Waals surface area contributed by atoms with Crippen LogP contribution in [0.1, 0.15) is 5.56 Å². The summed E-state index contributed by atoms with van der Waals surface area (Å²) in [5, 5.41) is 2.53. The molecule has 0 radical (unpaired) electrons. The summed E-state index contributed by atoms with van der Waals surface area (Å²) in [6.45, 7) is 0. The third kappa shape index (κ3) is 2.09. The number of benzene rings is 1. The van der Waals surface area contributed by atoms with Crippen molar-refractivity contribution in [3.8, 4) is 11.2 Å². The van der Waals surface area contributed by atoms with E-state index in [0.717, 1.165) is 10.0 Å². The first kappa shape index (κ1) is 7.71. The van der Waals surface area contributed by atoms with E-state index in [1.165, 1.54) is 0 Å². The topological polar surface area (TPSA) is 0 Å². The number of thiol groups is 1. The van der Waals surface area contributed by atoms with Crippen LogP contribution in [-0.2, 0) is 0 Å². The summed E-state index contributed by atoms with van der Waals surface area (Å²) in [7, 11) is 0. The van der Waals surface area contributed by atoms with E-state index in [4.69, 9.17) is 0 Å². The second-order valence-corrected chi connectivity index (χ2v) is 2.88. The van der Waals surface area contributed by atoms with Crippen molar-refractivity contribution in [2.45, 2.75) is 0 Å². The molecule has 10 heavy (non-hydrogen) atoms. The standard InChI is InChI=1S/C8H5BrS/c9-8-3-1-7(2-4-8)5-6-10/h1-4,10H. The van der Waals surface area contributed by atoms with E-state index in [1.54, 1.807) is 0 Å². The molecular formula is C8H5BrS.